The van der Waals surface area contributed by atoms with Crippen LogP contribution in [0.25, 0.3) is 0 Å². The summed E-state index contributed by atoms with van der Waals surface area (Å²) in [5.74, 6) is -0.0308. The number of rotatable bonds is 7. The largest absolute Gasteiger partial charge is 0.354 e. The van der Waals surface area contributed by atoms with E-state index in [2.05, 4.69) is 20.8 Å². The zero-order valence-corrected chi connectivity index (χ0v) is 13.6. The van der Waals surface area contributed by atoms with Crippen molar-refractivity contribution in [3.8, 4) is 0 Å². The number of nitrogens with two attached hydrogens (primary N) is 1. The molecule has 1 atom stereocenters. The molecule has 1 aromatic carbocycles. The van der Waals surface area contributed by atoms with Crippen molar-refractivity contribution in [1.29, 1.82) is 0 Å². The molecule has 0 aliphatic heterocycles. The first-order chi connectivity index (χ1) is 10.6. The molecular weight excluding hydrogens is 323 g/mol. The molecule has 2 rings (SSSR count). The summed E-state index contributed by atoms with van der Waals surface area (Å²) >= 11 is 0. The zero-order valence-electron chi connectivity index (χ0n) is 12.8. The molecule has 0 saturated heterocycles. The van der Waals surface area contributed by atoms with Crippen LogP contribution in [0.5, 0.6) is 0 Å². The number of tetrazole rings is 1. The first-order valence-corrected chi connectivity index (χ1v) is 7.08. The lowest BCUT2D eigenvalue weighted by atomic mass is 10.0. The number of amides is 1. The van der Waals surface area contributed by atoms with Gasteiger partial charge in [0.25, 0.3) is 0 Å². The first kappa shape index (κ1) is 19.0. The maximum absolute atomic E-state index is 13.3. The van der Waals surface area contributed by atoms with Gasteiger partial charge in [-0.25, -0.2) is 9.07 Å². The first-order valence-electron chi connectivity index (χ1n) is 7.08. The van der Waals surface area contributed by atoms with Crippen LogP contribution in [0.2, 0.25) is 0 Å². The van der Waals surface area contributed by atoms with Crippen LogP contribution < -0.4 is 11.1 Å². The highest BCUT2D eigenvalue weighted by atomic mass is 35.5. The summed E-state index contributed by atoms with van der Waals surface area (Å²) in [4.78, 5) is 12.4. The highest BCUT2D eigenvalue weighted by molar-refractivity contribution is 5.85. The van der Waals surface area contributed by atoms with Crippen molar-refractivity contribution in [3.05, 3.63) is 41.5 Å². The normalized spacial score (nSPS) is 11.6. The van der Waals surface area contributed by atoms with Crippen LogP contribution in [-0.4, -0.2) is 39.2 Å². The van der Waals surface area contributed by atoms with Crippen molar-refractivity contribution in [2.24, 2.45) is 5.73 Å². The van der Waals surface area contributed by atoms with Gasteiger partial charge < -0.3 is 11.1 Å². The Morgan fingerprint density at radius 3 is 2.87 bits per heavy atom. The Bertz CT molecular complexity index is 635. The Morgan fingerprint density at radius 2 is 2.26 bits per heavy atom. The minimum atomic E-state index is -0.630. The molecule has 0 aliphatic carbocycles. The quantitative estimate of drug-likeness (QED) is 0.725. The van der Waals surface area contributed by atoms with Crippen LogP contribution in [0.1, 0.15) is 23.9 Å². The van der Waals surface area contributed by atoms with E-state index in [0.29, 0.717) is 37.3 Å². The summed E-state index contributed by atoms with van der Waals surface area (Å²) in [5, 5.41) is 14.0. The van der Waals surface area contributed by atoms with Crippen molar-refractivity contribution >= 4 is 18.3 Å². The van der Waals surface area contributed by atoms with Gasteiger partial charge in [-0.05, 0) is 48.0 Å². The van der Waals surface area contributed by atoms with Gasteiger partial charge in [0.05, 0.1) is 0 Å². The summed E-state index contributed by atoms with van der Waals surface area (Å²) in [6.45, 7) is 2.70. The molecule has 0 fully saturated rings. The zero-order chi connectivity index (χ0) is 15.9. The van der Waals surface area contributed by atoms with Crippen molar-refractivity contribution in [2.75, 3.05) is 13.1 Å². The van der Waals surface area contributed by atoms with Gasteiger partial charge in [0.15, 0.2) is 0 Å². The van der Waals surface area contributed by atoms with Crippen molar-refractivity contribution in [1.82, 2.24) is 25.5 Å². The third-order valence-corrected chi connectivity index (χ3v) is 3.25. The van der Waals surface area contributed by atoms with Gasteiger partial charge in [0, 0.05) is 13.0 Å². The summed E-state index contributed by atoms with van der Waals surface area (Å²) in [6.07, 6.45) is 0.991. The number of aryl methyl sites for hydroxylation is 1. The van der Waals surface area contributed by atoms with E-state index in [4.69, 9.17) is 5.73 Å². The van der Waals surface area contributed by atoms with E-state index in [1.165, 1.54) is 16.8 Å². The molecule has 1 amide bonds. The number of aromatic nitrogens is 4. The maximum Gasteiger partial charge on any atom is 0.245 e. The van der Waals surface area contributed by atoms with Crippen LogP contribution in [0.15, 0.2) is 24.3 Å². The molecule has 0 aliphatic rings. The molecule has 0 saturated carbocycles. The summed E-state index contributed by atoms with van der Waals surface area (Å²) in [7, 11) is 0. The van der Waals surface area contributed by atoms with Crippen molar-refractivity contribution < 1.29 is 9.18 Å². The van der Waals surface area contributed by atoms with Crippen molar-refractivity contribution in [3.63, 3.8) is 0 Å². The fraction of sp³-hybridized carbons (Fsp3) is 0.429. The summed E-state index contributed by atoms with van der Waals surface area (Å²) in [6, 6.07) is 5.51. The van der Waals surface area contributed by atoms with Crippen LogP contribution in [0.4, 0.5) is 4.39 Å². The number of hydrogen-bond donors (Lipinski definition) is 2. The number of carbonyl (C=O) groups is 1. The number of benzene rings is 1. The molecule has 0 spiro atoms. The van der Waals surface area contributed by atoms with E-state index >= 15 is 0 Å². The van der Waals surface area contributed by atoms with E-state index in [1.807, 2.05) is 0 Å². The average Bonchev–Trinajstić information content (AvgIpc) is 2.91. The Balaban J connectivity index is 0.00000264. The second-order valence-corrected chi connectivity index (χ2v) is 4.95. The number of hydrogen-bond acceptors (Lipinski definition) is 5. The van der Waals surface area contributed by atoms with Gasteiger partial charge in [-0.3, -0.25) is 4.79 Å². The molecule has 1 heterocycles. The molecular formula is C14H20ClFN6O. The molecule has 0 bridgehead atoms. The predicted octanol–water partition coefficient (Wildman–Crippen LogP) is 0.791. The Morgan fingerprint density at radius 1 is 1.48 bits per heavy atom. The monoisotopic (exact) mass is 342 g/mol. The molecule has 126 valence electrons. The molecule has 1 unspecified atom stereocenters. The number of nitrogens with zero attached hydrogens (tertiary/aromatic N) is 4. The highest BCUT2D eigenvalue weighted by Crippen LogP contribution is 2.16. The Hall–Kier alpha value is -2.06. The number of carbonyl (C=O) groups excluding carboxylic acids is 1. The molecule has 23 heavy (non-hydrogen) atoms. The third kappa shape index (κ3) is 5.26. The minimum Gasteiger partial charge on any atom is -0.354 e. The van der Waals surface area contributed by atoms with E-state index in [0.717, 1.165) is 0 Å². The standard InChI is InChI=1S/C14H19FN6O.ClH/c1-10-18-19-20-21(10)13(14(22)17-7-3-6-16)9-11-4-2-5-12(15)8-11;/h2,4-5,8,13H,3,6-7,9,16H2,1H3,(H,17,22);1H. The van der Waals surface area contributed by atoms with Gasteiger partial charge in [-0.15, -0.1) is 17.5 Å². The maximum atomic E-state index is 13.3. The lowest BCUT2D eigenvalue weighted by Gasteiger charge is -2.17. The SMILES string of the molecule is Cc1nnnn1C(Cc1cccc(F)c1)C(=O)NCCCN.Cl. The van der Waals surface area contributed by atoms with E-state index in [1.54, 1.807) is 19.1 Å². The Labute approximate surface area is 139 Å². The van der Waals surface area contributed by atoms with Gasteiger partial charge in [-0.1, -0.05) is 12.1 Å². The summed E-state index contributed by atoms with van der Waals surface area (Å²) < 4.78 is 14.8. The van der Waals surface area contributed by atoms with E-state index in [-0.39, 0.29) is 24.1 Å². The van der Waals surface area contributed by atoms with Gasteiger partial charge >= 0.3 is 0 Å². The van der Waals surface area contributed by atoms with Gasteiger partial charge in [0.2, 0.25) is 5.91 Å². The second-order valence-electron chi connectivity index (χ2n) is 4.95. The van der Waals surface area contributed by atoms with Crippen LogP contribution in [0.3, 0.4) is 0 Å². The number of halogens is 2. The molecule has 9 heteroatoms. The lowest BCUT2D eigenvalue weighted by molar-refractivity contribution is -0.124. The molecule has 0 radical (unpaired) electrons. The molecule has 2 aromatic rings. The average molecular weight is 343 g/mol. The molecule has 7 nitrogen and oxygen atoms in total. The van der Waals surface area contributed by atoms with Gasteiger partial charge in [-0.2, -0.15) is 0 Å². The molecule has 3 N–H and O–H groups in total. The van der Waals surface area contributed by atoms with Crippen molar-refractivity contribution in [2.45, 2.75) is 25.8 Å². The van der Waals surface area contributed by atoms with E-state index < -0.39 is 6.04 Å². The highest BCUT2D eigenvalue weighted by Gasteiger charge is 2.24. The van der Waals surface area contributed by atoms with Crippen LogP contribution >= 0.6 is 12.4 Å². The lowest BCUT2D eigenvalue weighted by Crippen LogP contribution is -2.36. The van der Waals surface area contributed by atoms with Crippen LogP contribution in [-0.2, 0) is 11.2 Å². The predicted molar refractivity (Wildman–Crippen MR) is 85.6 cm³/mol. The minimum absolute atomic E-state index is 0. The Kier molecular flexibility index (Phi) is 7.56. The number of nitrogens with one attached hydrogen (secondary N) is 1. The second kappa shape index (κ2) is 9.16. The van der Waals surface area contributed by atoms with Crippen LogP contribution in [0, 0.1) is 12.7 Å². The fourth-order valence-corrected chi connectivity index (χ4v) is 2.14. The molecule has 1 aromatic heterocycles. The third-order valence-electron chi connectivity index (χ3n) is 3.25. The topological polar surface area (TPSA) is 98.7 Å². The van der Waals surface area contributed by atoms with E-state index in [9.17, 15) is 9.18 Å². The van der Waals surface area contributed by atoms with Gasteiger partial charge in [0.1, 0.15) is 17.7 Å². The summed E-state index contributed by atoms with van der Waals surface area (Å²) in [5.41, 5.74) is 6.12. The smallest absolute Gasteiger partial charge is 0.245 e. The fourth-order valence-electron chi connectivity index (χ4n) is 2.14.